The van der Waals surface area contributed by atoms with Crippen LogP contribution in [0.5, 0.6) is 11.5 Å². The van der Waals surface area contributed by atoms with Gasteiger partial charge >= 0.3 is 0 Å². The Hall–Kier alpha value is -1.22. The number of hydrogen-bond donors (Lipinski definition) is 2. The summed E-state index contributed by atoms with van der Waals surface area (Å²) in [5.41, 5.74) is 5.86. The minimum atomic E-state index is 0.205. The topological polar surface area (TPSA) is 55.5 Å². The molecule has 2 rings (SSSR count). The van der Waals surface area contributed by atoms with Crippen LogP contribution in [0.2, 0.25) is 0 Å². The highest BCUT2D eigenvalue weighted by atomic mass is 16.5. The molecule has 3 heteroatoms. The van der Waals surface area contributed by atoms with Crippen LogP contribution in [0.4, 0.5) is 0 Å². The number of aromatic hydroxyl groups is 1. The van der Waals surface area contributed by atoms with Crippen LogP contribution >= 0.6 is 0 Å². The predicted molar refractivity (Wildman–Crippen MR) is 72.7 cm³/mol. The Bertz CT molecular complexity index is 361. The zero-order valence-electron chi connectivity index (χ0n) is 10.8. The molecular formula is C15H23NO2. The van der Waals surface area contributed by atoms with Gasteiger partial charge in [-0.2, -0.15) is 0 Å². The van der Waals surface area contributed by atoms with Gasteiger partial charge in [-0.25, -0.2) is 0 Å². The van der Waals surface area contributed by atoms with E-state index in [1.165, 1.54) is 32.1 Å². The van der Waals surface area contributed by atoms with Gasteiger partial charge < -0.3 is 15.6 Å². The predicted octanol–water partition coefficient (Wildman–Crippen LogP) is 2.93. The van der Waals surface area contributed by atoms with Crippen molar-refractivity contribution in [2.45, 2.75) is 32.1 Å². The van der Waals surface area contributed by atoms with Crippen molar-refractivity contribution in [1.29, 1.82) is 0 Å². The highest BCUT2D eigenvalue weighted by Gasteiger charge is 2.23. The second-order valence-electron chi connectivity index (χ2n) is 5.17. The van der Waals surface area contributed by atoms with E-state index in [0.717, 1.165) is 0 Å². The lowest BCUT2D eigenvalue weighted by atomic mass is 9.80. The van der Waals surface area contributed by atoms with Gasteiger partial charge in [0.05, 0.1) is 6.61 Å². The number of hydrogen-bond acceptors (Lipinski definition) is 3. The number of rotatable bonds is 5. The molecule has 1 fully saturated rings. The average Bonchev–Trinajstić information content (AvgIpc) is 2.42. The van der Waals surface area contributed by atoms with E-state index in [-0.39, 0.29) is 5.75 Å². The summed E-state index contributed by atoms with van der Waals surface area (Å²) in [6.45, 7) is 1.27. The molecule has 0 aromatic heterocycles. The number of phenolic OH excluding ortho intramolecular Hbond substituents is 1. The number of ether oxygens (including phenoxy) is 1. The normalized spacial score (nSPS) is 18.5. The third-order valence-electron chi connectivity index (χ3n) is 3.94. The van der Waals surface area contributed by atoms with Crippen LogP contribution in [0.1, 0.15) is 32.1 Å². The Kier molecular flexibility index (Phi) is 4.88. The molecule has 0 saturated heterocycles. The molecule has 1 saturated carbocycles. The lowest BCUT2D eigenvalue weighted by Crippen LogP contribution is -2.30. The minimum Gasteiger partial charge on any atom is -0.504 e. The summed E-state index contributed by atoms with van der Waals surface area (Å²) < 4.78 is 5.71. The van der Waals surface area contributed by atoms with E-state index < -0.39 is 0 Å². The fourth-order valence-electron chi connectivity index (χ4n) is 2.78. The van der Waals surface area contributed by atoms with Crippen molar-refractivity contribution >= 4 is 0 Å². The first-order valence-corrected chi connectivity index (χ1v) is 6.92. The van der Waals surface area contributed by atoms with E-state index in [2.05, 4.69) is 0 Å². The Morgan fingerprint density at radius 1 is 1.22 bits per heavy atom. The molecule has 0 amide bonds. The molecule has 1 unspecified atom stereocenters. The first kappa shape index (κ1) is 13.2. The van der Waals surface area contributed by atoms with E-state index in [4.69, 9.17) is 10.5 Å². The van der Waals surface area contributed by atoms with Gasteiger partial charge in [0.15, 0.2) is 11.5 Å². The van der Waals surface area contributed by atoms with Crippen molar-refractivity contribution < 1.29 is 9.84 Å². The standard InChI is InChI=1S/C15H23NO2/c16-10-13(12-6-2-1-3-7-12)11-18-15-9-5-4-8-14(15)17/h4-5,8-9,12-13,17H,1-3,6-7,10-11,16H2. The molecule has 1 aromatic carbocycles. The fraction of sp³-hybridized carbons (Fsp3) is 0.600. The SMILES string of the molecule is NCC(COc1ccccc1O)C1CCCCC1. The maximum Gasteiger partial charge on any atom is 0.160 e. The van der Waals surface area contributed by atoms with Crippen LogP contribution in [-0.2, 0) is 0 Å². The summed E-state index contributed by atoms with van der Waals surface area (Å²) in [6, 6.07) is 7.11. The van der Waals surface area contributed by atoms with E-state index in [9.17, 15) is 5.11 Å². The molecule has 0 radical (unpaired) electrons. The lowest BCUT2D eigenvalue weighted by Gasteiger charge is -2.29. The third-order valence-corrected chi connectivity index (χ3v) is 3.94. The summed E-state index contributed by atoms with van der Waals surface area (Å²) in [6.07, 6.45) is 6.53. The molecule has 1 aromatic rings. The molecule has 1 atom stereocenters. The smallest absolute Gasteiger partial charge is 0.160 e. The van der Waals surface area contributed by atoms with Crippen molar-refractivity contribution in [3.05, 3.63) is 24.3 Å². The van der Waals surface area contributed by atoms with Gasteiger partial charge in [-0.15, -0.1) is 0 Å². The molecule has 1 aliphatic rings. The second-order valence-corrected chi connectivity index (χ2v) is 5.17. The van der Waals surface area contributed by atoms with Gasteiger partial charge in [-0.3, -0.25) is 0 Å². The van der Waals surface area contributed by atoms with Gasteiger partial charge in [-0.1, -0.05) is 44.2 Å². The molecule has 3 N–H and O–H groups in total. The fourth-order valence-corrected chi connectivity index (χ4v) is 2.78. The minimum absolute atomic E-state index is 0.205. The summed E-state index contributed by atoms with van der Waals surface area (Å²) in [4.78, 5) is 0. The monoisotopic (exact) mass is 249 g/mol. The van der Waals surface area contributed by atoms with Crippen LogP contribution in [0.25, 0.3) is 0 Å². The molecule has 0 bridgehead atoms. The van der Waals surface area contributed by atoms with E-state index in [1.54, 1.807) is 18.2 Å². The number of phenols is 1. The van der Waals surface area contributed by atoms with Gasteiger partial charge in [0, 0.05) is 5.92 Å². The Morgan fingerprint density at radius 2 is 1.94 bits per heavy atom. The van der Waals surface area contributed by atoms with Crippen molar-refractivity contribution in [3.63, 3.8) is 0 Å². The van der Waals surface area contributed by atoms with Crippen LogP contribution in [0, 0.1) is 11.8 Å². The Morgan fingerprint density at radius 3 is 2.61 bits per heavy atom. The van der Waals surface area contributed by atoms with Gasteiger partial charge in [0.2, 0.25) is 0 Å². The van der Waals surface area contributed by atoms with E-state index >= 15 is 0 Å². The summed E-state index contributed by atoms with van der Waals surface area (Å²) in [7, 11) is 0. The molecule has 0 aliphatic heterocycles. The average molecular weight is 249 g/mol. The molecule has 100 valence electrons. The van der Waals surface area contributed by atoms with Crippen LogP contribution < -0.4 is 10.5 Å². The molecular weight excluding hydrogens is 226 g/mol. The van der Waals surface area contributed by atoms with Gasteiger partial charge in [-0.05, 0) is 24.6 Å². The molecule has 3 nitrogen and oxygen atoms in total. The number of benzene rings is 1. The largest absolute Gasteiger partial charge is 0.504 e. The zero-order valence-corrected chi connectivity index (χ0v) is 10.8. The molecule has 18 heavy (non-hydrogen) atoms. The van der Waals surface area contributed by atoms with Crippen LogP contribution in [0.15, 0.2) is 24.3 Å². The second kappa shape index (κ2) is 6.64. The third kappa shape index (κ3) is 3.39. The lowest BCUT2D eigenvalue weighted by molar-refractivity contribution is 0.164. The van der Waals surface area contributed by atoms with Gasteiger partial charge in [0.25, 0.3) is 0 Å². The first-order valence-electron chi connectivity index (χ1n) is 6.92. The van der Waals surface area contributed by atoms with Crippen molar-refractivity contribution in [2.75, 3.05) is 13.2 Å². The summed E-state index contributed by atoms with van der Waals surface area (Å²) in [5, 5.41) is 9.65. The summed E-state index contributed by atoms with van der Waals surface area (Å²) in [5.74, 6) is 1.86. The van der Waals surface area contributed by atoms with Crippen molar-refractivity contribution in [2.24, 2.45) is 17.6 Å². The van der Waals surface area contributed by atoms with Crippen LogP contribution in [0.3, 0.4) is 0 Å². The molecule has 1 aliphatic carbocycles. The molecule has 0 heterocycles. The van der Waals surface area contributed by atoms with Gasteiger partial charge in [0.1, 0.15) is 0 Å². The maximum atomic E-state index is 9.65. The number of para-hydroxylation sites is 2. The summed E-state index contributed by atoms with van der Waals surface area (Å²) >= 11 is 0. The first-order chi connectivity index (χ1) is 8.81. The maximum absolute atomic E-state index is 9.65. The zero-order chi connectivity index (χ0) is 12.8. The number of nitrogens with two attached hydrogens (primary N) is 1. The molecule has 0 spiro atoms. The van der Waals surface area contributed by atoms with E-state index in [1.807, 2.05) is 6.07 Å². The Labute approximate surface area is 109 Å². The quantitative estimate of drug-likeness (QED) is 0.843. The van der Waals surface area contributed by atoms with E-state index in [0.29, 0.717) is 30.7 Å². The highest BCUT2D eigenvalue weighted by molar-refractivity contribution is 5.37. The Balaban J connectivity index is 1.88. The van der Waals surface area contributed by atoms with Crippen LogP contribution in [-0.4, -0.2) is 18.3 Å². The van der Waals surface area contributed by atoms with Crippen molar-refractivity contribution in [3.8, 4) is 11.5 Å². The van der Waals surface area contributed by atoms with Crippen molar-refractivity contribution in [1.82, 2.24) is 0 Å². The highest BCUT2D eigenvalue weighted by Crippen LogP contribution is 2.31.